The van der Waals surface area contributed by atoms with Gasteiger partial charge in [0.05, 0.1) is 6.42 Å². The summed E-state index contributed by atoms with van der Waals surface area (Å²) >= 11 is 0. The maximum Gasteiger partial charge on any atom is 0.266 e. The number of benzene rings is 1. The van der Waals surface area contributed by atoms with E-state index in [-0.39, 0.29) is 18.6 Å². The number of rotatable bonds is 8. The zero-order chi connectivity index (χ0) is 19.0. The maximum absolute atomic E-state index is 13.2. The molecular weight excluding hydrogens is 327 g/mol. The highest BCUT2D eigenvalue weighted by Gasteiger charge is 2.28. The number of nitrogens with one attached hydrogen (secondary N) is 1. The Kier molecular flexibility index (Phi) is 7.38. The smallest absolute Gasteiger partial charge is 0.266 e. The minimum absolute atomic E-state index is 0.0406. The molecule has 0 aliphatic carbocycles. The Morgan fingerprint density at radius 2 is 1.96 bits per heavy atom. The van der Waals surface area contributed by atoms with E-state index in [1.807, 2.05) is 0 Å². The molecule has 5 N–H and O–H groups in total. The predicted octanol–water partition coefficient (Wildman–Crippen LogP) is 0.455. The monoisotopic (exact) mass is 350 g/mol. The van der Waals surface area contributed by atoms with Gasteiger partial charge in [0.1, 0.15) is 17.1 Å². The van der Waals surface area contributed by atoms with Crippen LogP contribution in [0.25, 0.3) is 0 Å². The summed E-state index contributed by atoms with van der Waals surface area (Å²) in [4.78, 5) is 39.5. The highest BCUT2D eigenvalue weighted by Crippen LogP contribution is 2.07. The van der Waals surface area contributed by atoms with E-state index in [0.29, 0.717) is 18.5 Å². The van der Waals surface area contributed by atoms with Crippen molar-refractivity contribution in [2.24, 2.45) is 16.5 Å². The number of halogens is 1. The van der Waals surface area contributed by atoms with Crippen LogP contribution in [0.1, 0.15) is 32.3 Å². The average molecular weight is 350 g/mol. The van der Waals surface area contributed by atoms with E-state index < -0.39 is 29.1 Å². The van der Waals surface area contributed by atoms with Crippen LogP contribution in [0.3, 0.4) is 0 Å². The van der Waals surface area contributed by atoms with E-state index >= 15 is 0 Å². The molecule has 1 aromatic rings. The number of hydrogen-bond acceptors (Lipinski definition) is 4. The first-order valence-electron chi connectivity index (χ1n) is 7.83. The second-order valence-corrected chi connectivity index (χ2v) is 6.09. The number of aliphatic imine (C=N–C) groups is 1. The van der Waals surface area contributed by atoms with Crippen molar-refractivity contribution in [3.8, 4) is 0 Å². The lowest BCUT2D eigenvalue weighted by atomic mass is 10.0. The van der Waals surface area contributed by atoms with Crippen molar-refractivity contribution in [3.63, 3.8) is 0 Å². The largest absolute Gasteiger partial charge is 0.368 e. The molecule has 25 heavy (non-hydrogen) atoms. The fraction of sp³-hybridized carbons (Fsp3) is 0.412. The molecular formula is C17H23FN4O3. The topological polar surface area (TPSA) is 128 Å². The number of amides is 3. The number of hydrogen-bond donors (Lipinski definition) is 3. The molecule has 0 bridgehead atoms. The second kappa shape index (κ2) is 9.03. The molecule has 0 spiro atoms. The molecule has 0 aliphatic rings. The Morgan fingerprint density at radius 1 is 1.28 bits per heavy atom. The first-order valence-corrected chi connectivity index (χ1v) is 7.83. The molecule has 0 unspecified atom stereocenters. The van der Waals surface area contributed by atoms with Crippen molar-refractivity contribution >= 4 is 23.4 Å². The molecule has 0 aliphatic heterocycles. The van der Waals surface area contributed by atoms with Gasteiger partial charge in [-0.15, -0.1) is 0 Å². The van der Waals surface area contributed by atoms with Gasteiger partial charge in [0.25, 0.3) is 11.8 Å². The van der Waals surface area contributed by atoms with E-state index in [1.54, 1.807) is 6.07 Å². The van der Waals surface area contributed by atoms with E-state index in [9.17, 15) is 18.8 Å². The lowest BCUT2D eigenvalue weighted by molar-refractivity contribution is -0.127. The molecule has 0 saturated carbocycles. The Labute approximate surface area is 145 Å². The molecule has 3 amide bonds. The number of primary amides is 1. The summed E-state index contributed by atoms with van der Waals surface area (Å²) in [5.74, 6) is -2.43. The summed E-state index contributed by atoms with van der Waals surface area (Å²) in [6, 6.07) is 5.57. The van der Waals surface area contributed by atoms with Crippen molar-refractivity contribution in [1.29, 1.82) is 0 Å². The lowest BCUT2D eigenvalue weighted by Crippen LogP contribution is -2.54. The average Bonchev–Trinajstić information content (AvgIpc) is 2.50. The molecule has 0 atom stereocenters. The van der Waals surface area contributed by atoms with Crippen LogP contribution in [-0.4, -0.2) is 35.5 Å². The van der Waals surface area contributed by atoms with Crippen LogP contribution in [0.15, 0.2) is 29.3 Å². The van der Waals surface area contributed by atoms with Crippen LogP contribution < -0.4 is 16.8 Å². The van der Waals surface area contributed by atoms with Gasteiger partial charge < -0.3 is 16.8 Å². The molecule has 0 aromatic heterocycles. The minimum Gasteiger partial charge on any atom is -0.368 e. The number of carbonyl (C=O) groups is 3. The Bertz CT molecular complexity index is 686. The van der Waals surface area contributed by atoms with Crippen molar-refractivity contribution in [2.75, 3.05) is 6.54 Å². The Balaban J connectivity index is 2.92. The molecule has 8 heteroatoms. The molecule has 0 saturated heterocycles. The van der Waals surface area contributed by atoms with Crippen molar-refractivity contribution < 1.29 is 18.8 Å². The van der Waals surface area contributed by atoms with Gasteiger partial charge in [0.15, 0.2) is 0 Å². The lowest BCUT2D eigenvalue weighted by Gasteiger charge is -2.22. The molecule has 0 fully saturated rings. The van der Waals surface area contributed by atoms with E-state index in [0.717, 1.165) is 0 Å². The zero-order valence-electron chi connectivity index (χ0n) is 14.3. The third-order valence-corrected chi connectivity index (χ3v) is 3.43. The molecule has 7 nitrogen and oxygen atoms in total. The highest BCUT2D eigenvalue weighted by molar-refractivity contribution is 6.40. The van der Waals surface area contributed by atoms with E-state index in [4.69, 9.17) is 11.5 Å². The number of nitrogens with zero attached hydrogens (tertiary/aromatic N) is 1. The first kappa shape index (κ1) is 20.4. The molecule has 0 heterocycles. The normalized spacial score (nSPS) is 11.9. The molecule has 0 radical (unpaired) electrons. The fourth-order valence-corrected chi connectivity index (χ4v) is 1.92. The SMILES string of the molecule is CC(C)(NC(=O)/C(CCCN)=N/C(=O)Cc1cccc(F)c1)C(N)=O. The van der Waals surface area contributed by atoms with Crippen molar-refractivity contribution in [1.82, 2.24) is 5.32 Å². The van der Waals surface area contributed by atoms with Gasteiger partial charge in [0, 0.05) is 0 Å². The third kappa shape index (κ3) is 6.80. The maximum atomic E-state index is 13.2. The van der Waals surface area contributed by atoms with Gasteiger partial charge in [-0.3, -0.25) is 14.4 Å². The Hall–Kier alpha value is -2.61. The second-order valence-electron chi connectivity index (χ2n) is 6.09. The molecule has 1 rings (SSSR count). The molecule has 1 aromatic carbocycles. The van der Waals surface area contributed by atoms with Crippen molar-refractivity contribution in [2.45, 2.75) is 38.6 Å². The first-order chi connectivity index (χ1) is 11.7. The standard InChI is InChI=1S/C17H23FN4O3/c1-17(2,16(20)25)22-15(24)13(7-4-8-19)21-14(23)10-11-5-3-6-12(18)9-11/h3,5-6,9H,4,7-8,10,19H2,1-2H3,(H2,20,25)(H,22,24)/b21-13+. The van der Waals surface area contributed by atoms with Gasteiger partial charge in [-0.05, 0) is 50.9 Å². The van der Waals surface area contributed by atoms with Crippen LogP contribution in [0, 0.1) is 5.82 Å². The number of nitrogens with two attached hydrogens (primary N) is 2. The Morgan fingerprint density at radius 3 is 2.52 bits per heavy atom. The van der Waals surface area contributed by atoms with Crippen molar-refractivity contribution in [3.05, 3.63) is 35.6 Å². The van der Waals surface area contributed by atoms with Gasteiger partial charge in [-0.25, -0.2) is 9.38 Å². The van der Waals surface area contributed by atoms with Gasteiger partial charge in [0.2, 0.25) is 5.91 Å². The van der Waals surface area contributed by atoms with E-state index in [2.05, 4.69) is 10.3 Å². The summed E-state index contributed by atoms with van der Waals surface area (Å²) in [5.41, 5.74) is 9.78. The van der Waals surface area contributed by atoms with E-state index in [1.165, 1.54) is 32.0 Å². The minimum atomic E-state index is -1.29. The van der Waals surface area contributed by atoms with Crippen LogP contribution >= 0.6 is 0 Å². The van der Waals surface area contributed by atoms with Gasteiger partial charge in [-0.1, -0.05) is 12.1 Å². The summed E-state index contributed by atoms with van der Waals surface area (Å²) in [6.45, 7) is 3.20. The van der Waals surface area contributed by atoms with Crippen LogP contribution in [-0.2, 0) is 20.8 Å². The summed E-state index contributed by atoms with van der Waals surface area (Å²) in [6.07, 6.45) is 0.471. The van der Waals surface area contributed by atoms with Gasteiger partial charge >= 0.3 is 0 Å². The zero-order valence-corrected chi connectivity index (χ0v) is 14.3. The van der Waals surface area contributed by atoms with Crippen LogP contribution in [0.5, 0.6) is 0 Å². The van der Waals surface area contributed by atoms with Crippen LogP contribution in [0.2, 0.25) is 0 Å². The van der Waals surface area contributed by atoms with Crippen LogP contribution in [0.4, 0.5) is 4.39 Å². The fourth-order valence-electron chi connectivity index (χ4n) is 1.92. The highest BCUT2D eigenvalue weighted by atomic mass is 19.1. The summed E-state index contributed by atoms with van der Waals surface area (Å²) in [7, 11) is 0. The third-order valence-electron chi connectivity index (χ3n) is 3.43. The predicted molar refractivity (Wildman–Crippen MR) is 92.3 cm³/mol. The summed E-state index contributed by atoms with van der Waals surface area (Å²) in [5, 5.41) is 2.45. The quantitative estimate of drug-likeness (QED) is 0.588. The molecule has 136 valence electrons. The van der Waals surface area contributed by atoms with Gasteiger partial charge in [-0.2, -0.15) is 0 Å². The summed E-state index contributed by atoms with van der Waals surface area (Å²) < 4.78 is 13.2. The number of carbonyl (C=O) groups excluding carboxylic acids is 3.